The minimum Gasteiger partial charge on any atom is -0.419 e. The van der Waals surface area contributed by atoms with Gasteiger partial charge in [-0.1, -0.05) is 42.6 Å². The Morgan fingerprint density at radius 1 is 1.06 bits per heavy atom. The van der Waals surface area contributed by atoms with E-state index in [0.717, 1.165) is 31.2 Å². The van der Waals surface area contributed by atoms with Gasteiger partial charge in [-0.2, -0.15) is 14.6 Å². The molecule has 1 fully saturated rings. The zero-order chi connectivity index (χ0) is 22.6. The fourth-order valence-electron chi connectivity index (χ4n) is 3.66. The summed E-state index contributed by atoms with van der Waals surface area (Å²) < 4.78 is 33.2. The summed E-state index contributed by atoms with van der Waals surface area (Å²) in [6, 6.07) is 15.8. The van der Waals surface area contributed by atoms with Crippen molar-refractivity contribution in [3.05, 3.63) is 64.8 Å². The molecule has 1 N–H and O–H groups in total. The van der Waals surface area contributed by atoms with Gasteiger partial charge in [0.1, 0.15) is 6.07 Å². The Balaban J connectivity index is 1.53. The molecule has 1 aliphatic rings. The van der Waals surface area contributed by atoms with Crippen LogP contribution in [-0.2, 0) is 16.6 Å². The standard InChI is InChI=1S/C23H23ClN4O3S/c24-20-8-4-3-7-18(20)16-26-23-21(15-25)27-22(31-23)17-9-11-19(12-10-17)32(29,30)28-13-5-1-2-6-14-28/h3-4,7-12,26H,1-2,5-6,13-14,16H2. The summed E-state index contributed by atoms with van der Waals surface area (Å²) in [5.74, 6) is 0.477. The maximum absolute atomic E-state index is 13.0. The van der Waals surface area contributed by atoms with Gasteiger partial charge in [-0.15, -0.1) is 0 Å². The minimum atomic E-state index is -3.53. The van der Waals surface area contributed by atoms with Crippen molar-refractivity contribution in [3.8, 4) is 17.5 Å². The highest BCUT2D eigenvalue weighted by molar-refractivity contribution is 7.89. The van der Waals surface area contributed by atoms with E-state index >= 15 is 0 Å². The lowest BCUT2D eigenvalue weighted by Crippen LogP contribution is -2.31. The molecule has 2 aromatic carbocycles. The first-order valence-corrected chi connectivity index (χ1v) is 12.3. The lowest BCUT2D eigenvalue weighted by molar-refractivity contribution is 0.423. The third kappa shape index (κ3) is 4.80. The first-order chi connectivity index (χ1) is 15.5. The van der Waals surface area contributed by atoms with E-state index in [9.17, 15) is 13.7 Å². The molecule has 1 saturated heterocycles. The molecule has 0 aliphatic carbocycles. The average molecular weight is 471 g/mol. The van der Waals surface area contributed by atoms with Crippen LogP contribution in [0.3, 0.4) is 0 Å². The number of nitrogens with zero attached hydrogens (tertiary/aromatic N) is 3. The molecule has 1 aliphatic heterocycles. The first kappa shape index (κ1) is 22.3. The van der Waals surface area contributed by atoms with E-state index in [1.54, 1.807) is 34.6 Å². The highest BCUT2D eigenvalue weighted by Gasteiger charge is 2.25. The van der Waals surface area contributed by atoms with Crippen molar-refractivity contribution >= 4 is 27.5 Å². The molecule has 32 heavy (non-hydrogen) atoms. The van der Waals surface area contributed by atoms with Crippen molar-refractivity contribution in [2.24, 2.45) is 0 Å². The summed E-state index contributed by atoms with van der Waals surface area (Å²) in [6.07, 6.45) is 3.88. The molecule has 0 bridgehead atoms. The molecule has 4 rings (SSSR count). The summed E-state index contributed by atoms with van der Waals surface area (Å²) >= 11 is 6.18. The van der Waals surface area contributed by atoms with Crippen molar-refractivity contribution in [1.82, 2.24) is 9.29 Å². The third-order valence-corrected chi connectivity index (χ3v) is 7.72. The van der Waals surface area contributed by atoms with Crippen LogP contribution in [-0.4, -0.2) is 30.8 Å². The second-order valence-electron chi connectivity index (χ2n) is 7.60. The number of benzene rings is 2. The van der Waals surface area contributed by atoms with Crippen molar-refractivity contribution in [2.75, 3.05) is 18.4 Å². The van der Waals surface area contributed by atoms with Crippen LogP contribution in [0.25, 0.3) is 11.5 Å². The number of nitriles is 1. The number of aromatic nitrogens is 1. The molecule has 0 atom stereocenters. The minimum absolute atomic E-state index is 0.119. The normalized spacial score (nSPS) is 15.1. The van der Waals surface area contributed by atoms with Crippen LogP contribution < -0.4 is 5.32 Å². The van der Waals surface area contributed by atoms with Gasteiger partial charge in [-0.3, -0.25) is 0 Å². The number of oxazole rings is 1. The summed E-state index contributed by atoms with van der Waals surface area (Å²) in [6.45, 7) is 1.47. The molecular weight excluding hydrogens is 448 g/mol. The van der Waals surface area contributed by atoms with Gasteiger partial charge < -0.3 is 9.73 Å². The molecule has 2 heterocycles. The van der Waals surface area contributed by atoms with Crippen LogP contribution in [0.2, 0.25) is 5.02 Å². The Bertz CT molecular complexity index is 1220. The van der Waals surface area contributed by atoms with E-state index < -0.39 is 10.0 Å². The first-order valence-electron chi connectivity index (χ1n) is 10.5. The van der Waals surface area contributed by atoms with Crippen LogP contribution in [0.1, 0.15) is 36.9 Å². The fraction of sp³-hybridized carbons (Fsp3) is 0.304. The molecule has 7 nitrogen and oxygen atoms in total. The van der Waals surface area contributed by atoms with Gasteiger partial charge in [0.15, 0.2) is 0 Å². The summed E-state index contributed by atoms with van der Waals surface area (Å²) in [5.41, 5.74) is 1.56. The fourth-order valence-corrected chi connectivity index (χ4v) is 5.38. The SMILES string of the molecule is N#Cc1nc(-c2ccc(S(=O)(=O)N3CCCCCC3)cc2)oc1NCc1ccccc1Cl. The van der Waals surface area contributed by atoms with Gasteiger partial charge >= 0.3 is 0 Å². The van der Waals surface area contributed by atoms with Gasteiger partial charge in [-0.25, -0.2) is 8.42 Å². The Hall–Kier alpha value is -2.86. The zero-order valence-electron chi connectivity index (χ0n) is 17.4. The highest BCUT2D eigenvalue weighted by atomic mass is 35.5. The summed E-state index contributed by atoms with van der Waals surface area (Å²) in [4.78, 5) is 4.49. The quantitative estimate of drug-likeness (QED) is 0.541. The molecule has 0 unspecified atom stereocenters. The molecule has 3 aromatic rings. The van der Waals surface area contributed by atoms with Crippen molar-refractivity contribution in [3.63, 3.8) is 0 Å². The van der Waals surface area contributed by atoms with E-state index in [0.29, 0.717) is 30.2 Å². The number of nitrogens with one attached hydrogen (secondary N) is 1. The molecule has 0 radical (unpaired) electrons. The van der Waals surface area contributed by atoms with Crippen LogP contribution in [0, 0.1) is 11.3 Å². The van der Waals surface area contributed by atoms with Gasteiger partial charge in [0, 0.05) is 30.2 Å². The largest absolute Gasteiger partial charge is 0.419 e. The van der Waals surface area contributed by atoms with Crippen molar-refractivity contribution in [1.29, 1.82) is 5.26 Å². The lowest BCUT2D eigenvalue weighted by atomic mass is 10.2. The lowest BCUT2D eigenvalue weighted by Gasteiger charge is -2.19. The third-order valence-electron chi connectivity index (χ3n) is 5.43. The highest BCUT2D eigenvalue weighted by Crippen LogP contribution is 2.28. The van der Waals surface area contributed by atoms with E-state index in [4.69, 9.17) is 16.0 Å². The molecule has 0 saturated carbocycles. The number of rotatable bonds is 6. The van der Waals surface area contributed by atoms with Crippen LogP contribution in [0.5, 0.6) is 0 Å². The Morgan fingerprint density at radius 2 is 1.75 bits per heavy atom. The van der Waals surface area contributed by atoms with Gasteiger partial charge in [0.05, 0.1) is 4.90 Å². The van der Waals surface area contributed by atoms with Gasteiger partial charge in [-0.05, 0) is 48.7 Å². The number of halogens is 1. The Morgan fingerprint density at radius 3 is 2.41 bits per heavy atom. The van der Waals surface area contributed by atoms with E-state index in [-0.39, 0.29) is 22.4 Å². The van der Waals surface area contributed by atoms with Gasteiger partial charge in [0.2, 0.25) is 27.5 Å². The van der Waals surface area contributed by atoms with Gasteiger partial charge in [0.25, 0.3) is 0 Å². The molecular formula is C23H23ClN4O3S. The van der Waals surface area contributed by atoms with Crippen molar-refractivity contribution in [2.45, 2.75) is 37.1 Å². The smallest absolute Gasteiger partial charge is 0.243 e. The number of hydrogen-bond donors (Lipinski definition) is 1. The predicted octanol–water partition coefficient (Wildman–Crippen LogP) is 5.04. The van der Waals surface area contributed by atoms with E-state index in [2.05, 4.69) is 10.3 Å². The molecule has 0 spiro atoms. The molecule has 0 amide bonds. The molecule has 166 valence electrons. The predicted molar refractivity (Wildman–Crippen MR) is 123 cm³/mol. The van der Waals surface area contributed by atoms with Crippen LogP contribution in [0.15, 0.2) is 57.8 Å². The number of hydrogen-bond acceptors (Lipinski definition) is 6. The van der Waals surface area contributed by atoms with Crippen LogP contribution in [0.4, 0.5) is 5.88 Å². The maximum Gasteiger partial charge on any atom is 0.243 e. The van der Waals surface area contributed by atoms with E-state index in [1.807, 2.05) is 24.3 Å². The maximum atomic E-state index is 13.0. The Kier molecular flexibility index (Phi) is 6.80. The second kappa shape index (κ2) is 9.74. The molecule has 1 aromatic heterocycles. The summed E-state index contributed by atoms with van der Waals surface area (Å²) in [5, 5.41) is 13.1. The number of sulfonamides is 1. The topological polar surface area (TPSA) is 99.2 Å². The van der Waals surface area contributed by atoms with Crippen molar-refractivity contribution < 1.29 is 12.8 Å². The summed E-state index contributed by atoms with van der Waals surface area (Å²) in [7, 11) is -3.53. The zero-order valence-corrected chi connectivity index (χ0v) is 19.0. The second-order valence-corrected chi connectivity index (χ2v) is 9.94. The van der Waals surface area contributed by atoms with E-state index in [1.165, 1.54) is 0 Å². The number of anilines is 1. The monoisotopic (exact) mass is 470 g/mol. The van der Waals surface area contributed by atoms with Crippen LogP contribution >= 0.6 is 11.6 Å². The average Bonchev–Trinajstić information content (AvgIpc) is 3.01. The Labute approximate surface area is 192 Å². The molecule has 9 heteroatoms.